The van der Waals surface area contributed by atoms with Crippen LogP contribution in [0.3, 0.4) is 0 Å². The largest absolute Gasteiger partial charge is 0.497 e. The molecule has 172 valence electrons. The zero-order chi connectivity index (χ0) is 23.0. The van der Waals surface area contributed by atoms with Crippen LogP contribution in [0.2, 0.25) is 0 Å². The fraction of sp³-hybridized carbons (Fsp3) is 0.308. The molecule has 0 bridgehead atoms. The molecule has 3 aromatic rings. The fourth-order valence-electron chi connectivity index (χ4n) is 3.86. The van der Waals surface area contributed by atoms with Gasteiger partial charge in [0.2, 0.25) is 0 Å². The van der Waals surface area contributed by atoms with E-state index in [9.17, 15) is 0 Å². The maximum absolute atomic E-state index is 6.19. The Morgan fingerprint density at radius 2 is 1.76 bits per heavy atom. The van der Waals surface area contributed by atoms with E-state index in [4.69, 9.17) is 24.0 Å². The van der Waals surface area contributed by atoms with Crippen LogP contribution in [0.25, 0.3) is 0 Å². The van der Waals surface area contributed by atoms with Crippen LogP contribution in [0.15, 0.2) is 65.9 Å². The molecule has 0 radical (unpaired) electrons. The van der Waals surface area contributed by atoms with E-state index in [0.717, 1.165) is 53.4 Å². The van der Waals surface area contributed by atoms with Gasteiger partial charge in [0.1, 0.15) is 23.8 Å². The lowest BCUT2D eigenvalue weighted by atomic mass is 10.0. The second-order valence-corrected chi connectivity index (χ2v) is 7.67. The number of benzene rings is 2. The van der Waals surface area contributed by atoms with Crippen LogP contribution in [-0.2, 0) is 13.2 Å². The smallest absolute Gasteiger partial charge is 0.184 e. The van der Waals surface area contributed by atoms with Crippen molar-refractivity contribution >= 4 is 5.71 Å². The van der Waals surface area contributed by atoms with Crippen molar-refractivity contribution in [2.45, 2.75) is 26.0 Å². The first kappa shape index (κ1) is 22.5. The topological polar surface area (TPSA) is 65.4 Å². The van der Waals surface area contributed by atoms with E-state index in [1.807, 2.05) is 41.4 Å². The summed E-state index contributed by atoms with van der Waals surface area (Å²) in [6.45, 7) is 1.84. The lowest BCUT2D eigenvalue weighted by Gasteiger charge is -2.26. The Kier molecular flexibility index (Phi) is 7.29. The molecule has 1 aliphatic heterocycles. The molecule has 7 nitrogen and oxygen atoms in total. The molecule has 0 saturated heterocycles. The molecule has 0 atom stereocenters. The number of hydrogen-bond acceptors (Lipinski definition) is 7. The zero-order valence-corrected chi connectivity index (χ0v) is 19.3. The van der Waals surface area contributed by atoms with Crippen LogP contribution in [0.5, 0.6) is 23.0 Å². The van der Waals surface area contributed by atoms with Gasteiger partial charge in [0.05, 0.1) is 33.6 Å². The molecule has 0 saturated carbocycles. The minimum Gasteiger partial charge on any atom is -0.497 e. The van der Waals surface area contributed by atoms with Gasteiger partial charge in [-0.05, 0) is 36.6 Å². The highest BCUT2D eigenvalue weighted by Gasteiger charge is 2.21. The first-order valence-electron chi connectivity index (χ1n) is 10.9. The van der Waals surface area contributed by atoms with Crippen LogP contribution < -0.4 is 18.9 Å². The number of pyridine rings is 1. The van der Waals surface area contributed by atoms with Crippen LogP contribution in [-0.4, -0.2) is 43.6 Å². The summed E-state index contributed by atoms with van der Waals surface area (Å²) in [5.74, 6) is 2.86. The lowest BCUT2D eigenvalue weighted by molar-refractivity contribution is 0.254. The minimum atomic E-state index is 0.488. The molecule has 2 heterocycles. The van der Waals surface area contributed by atoms with Crippen molar-refractivity contribution in [3.8, 4) is 23.0 Å². The van der Waals surface area contributed by atoms with Gasteiger partial charge in [-0.25, -0.2) is 0 Å². The summed E-state index contributed by atoms with van der Waals surface area (Å²) in [5.41, 5.74) is 3.81. The molecule has 0 aliphatic carbocycles. The summed E-state index contributed by atoms with van der Waals surface area (Å²) in [7, 11) is 4.92. The third-order valence-electron chi connectivity index (χ3n) is 5.53. The van der Waals surface area contributed by atoms with Gasteiger partial charge in [0.15, 0.2) is 11.5 Å². The molecule has 7 heteroatoms. The number of nitrogens with zero attached hydrogens (tertiary/aromatic N) is 3. The van der Waals surface area contributed by atoms with Crippen molar-refractivity contribution in [1.29, 1.82) is 0 Å². The maximum atomic E-state index is 6.19. The molecular weight excluding hydrogens is 418 g/mol. The summed E-state index contributed by atoms with van der Waals surface area (Å²) < 4.78 is 22.6. The molecule has 4 rings (SSSR count). The van der Waals surface area contributed by atoms with E-state index in [1.165, 1.54) is 0 Å². The predicted octanol–water partition coefficient (Wildman–Crippen LogP) is 4.69. The monoisotopic (exact) mass is 447 g/mol. The number of ether oxygens (including phenoxy) is 4. The third-order valence-corrected chi connectivity index (χ3v) is 5.53. The van der Waals surface area contributed by atoms with Crippen LogP contribution in [0.4, 0.5) is 0 Å². The van der Waals surface area contributed by atoms with Gasteiger partial charge in [-0.2, -0.15) is 5.10 Å². The minimum absolute atomic E-state index is 0.488. The highest BCUT2D eigenvalue weighted by molar-refractivity contribution is 6.03. The molecule has 33 heavy (non-hydrogen) atoms. The van der Waals surface area contributed by atoms with Gasteiger partial charge < -0.3 is 18.9 Å². The molecule has 1 aromatic heterocycles. The molecule has 1 aliphatic rings. The summed E-state index contributed by atoms with van der Waals surface area (Å²) in [6, 6.07) is 17.8. The summed E-state index contributed by atoms with van der Waals surface area (Å²) >= 11 is 0. The van der Waals surface area contributed by atoms with Crippen molar-refractivity contribution in [3.05, 3.63) is 77.6 Å². The average Bonchev–Trinajstić information content (AvgIpc) is 2.88. The molecule has 2 aromatic carbocycles. The van der Waals surface area contributed by atoms with Gasteiger partial charge in [-0.1, -0.05) is 30.3 Å². The Morgan fingerprint density at radius 1 is 0.909 bits per heavy atom. The summed E-state index contributed by atoms with van der Waals surface area (Å²) in [5, 5.41) is 6.96. The van der Waals surface area contributed by atoms with Crippen molar-refractivity contribution in [2.24, 2.45) is 5.10 Å². The predicted molar refractivity (Wildman–Crippen MR) is 127 cm³/mol. The maximum Gasteiger partial charge on any atom is 0.184 e. The van der Waals surface area contributed by atoms with Crippen molar-refractivity contribution in [1.82, 2.24) is 9.99 Å². The second-order valence-electron chi connectivity index (χ2n) is 7.67. The van der Waals surface area contributed by atoms with Gasteiger partial charge in [0.25, 0.3) is 0 Å². The Labute approximate surface area is 194 Å². The Balaban J connectivity index is 1.60. The van der Waals surface area contributed by atoms with Crippen LogP contribution in [0, 0.1) is 0 Å². The molecule has 0 unspecified atom stereocenters. The highest BCUT2D eigenvalue weighted by Crippen LogP contribution is 2.32. The number of aromatic nitrogens is 1. The lowest BCUT2D eigenvalue weighted by Crippen LogP contribution is -2.27. The molecule has 0 spiro atoms. The fourth-order valence-corrected chi connectivity index (χ4v) is 3.86. The second kappa shape index (κ2) is 10.7. The highest BCUT2D eigenvalue weighted by atomic mass is 16.5. The van der Waals surface area contributed by atoms with Gasteiger partial charge in [-0.15, -0.1) is 0 Å². The first-order chi connectivity index (χ1) is 16.2. The molecule has 0 N–H and O–H groups in total. The summed E-state index contributed by atoms with van der Waals surface area (Å²) in [6.07, 6.45) is 3.55. The molecular formula is C26H29N3O4. The quantitative estimate of drug-likeness (QED) is 0.474. The van der Waals surface area contributed by atoms with E-state index in [-0.39, 0.29) is 0 Å². The standard InChI is InChI=1S/C26H29N3O4/c1-30-20-11-12-24(33-18-19-8-5-4-6-9-19)21(16-20)22-10-7-15-29(28-22)17-23-26(32-3)25(31-2)13-14-27-23/h4-6,8-9,11-14,16H,7,10,15,17-18H2,1-3H3. The van der Waals surface area contributed by atoms with Gasteiger partial charge in [-0.3, -0.25) is 9.99 Å². The Bertz CT molecular complexity index is 1100. The SMILES string of the molecule is COc1ccc(OCc2ccccc2)c(C2=NN(Cc3nccc(OC)c3OC)CCC2)c1. The van der Waals surface area contributed by atoms with Crippen molar-refractivity contribution < 1.29 is 18.9 Å². The van der Waals surface area contributed by atoms with E-state index in [1.54, 1.807) is 33.6 Å². The van der Waals surface area contributed by atoms with E-state index < -0.39 is 0 Å². The van der Waals surface area contributed by atoms with E-state index >= 15 is 0 Å². The molecule has 0 fully saturated rings. The Morgan fingerprint density at radius 3 is 2.52 bits per heavy atom. The summed E-state index contributed by atoms with van der Waals surface area (Å²) in [4.78, 5) is 4.50. The molecule has 0 amide bonds. The van der Waals surface area contributed by atoms with E-state index in [2.05, 4.69) is 17.1 Å². The Hall–Kier alpha value is -3.74. The van der Waals surface area contributed by atoms with Gasteiger partial charge in [0, 0.05) is 24.4 Å². The zero-order valence-electron chi connectivity index (χ0n) is 19.3. The normalized spacial score (nSPS) is 13.3. The number of rotatable bonds is 9. The van der Waals surface area contributed by atoms with E-state index in [0.29, 0.717) is 24.7 Å². The third kappa shape index (κ3) is 5.37. The number of hydrazone groups is 1. The van der Waals surface area contributed by atoms with Crippen LogP contribution >= 0.6 is 0 Å². The van der Waals surface area contributed by atoms with Crippen LogP contribution in [0.1, 0.15) is 29.7 Å². The number of hydrogen-bond donors (Lipinski definition) is 0. The number of methoxy groups -OCH3 is 3. The average molecular weight is 448 g/mol. The van der Waals surface area contributed by atoms with Crippen molar-refractivity contribution in [2.75, 3.05) is 27.9 Å². The van der Waals surface area contributed by atoms with Gasteiger partial charge >= 0.3 is 0 Å². The first-order valence-corrected chi connectivity index (χ1v) is 10.9. The van der Waals surface area contributed by atoms with Crippen molar-refractivity contribution in [3.63, 3.8) is 0 Å².